The van der Waals surface area contributed by atoms with Gasteiger partial charge in [-0.1, -0.05) is 54.6 Å². The van der Waals surface area contributed by atoms with Crippen LogP contribution in [0.4, 0.5) is 0 Å². The van der Waals surface area contributed by atoms with E-state index in [1.165, 1.54) is 4.90 Å². The van der Waals surface area contributed by atoms with Crippen LogP contribution in [0.3, 0.4) is 0 Å². The average Bonchev–Trinajstić information content (AvgIpc) is 3.53. The Morgan fingerprint density at radius 1 is 0.878 bits per heavy atom. The number of benzene rings is 2. The van der Waals surface area contributed by atoms with Crippen molar-refractivity contribution in [3.8, 4) is 11.1 Å². The number of nitrogens with one attached hydrogen (secondary N) is 4. The quantitative estimate of drug-likeness (QED) is 0.293. The summed E-state index contributed by atoms with van der Waals surface area (Å²) in [5.41, 5.74) is 2.88. The lowest BCUT2D eigenvalue weighted by Gasteiger charge is -2.30. The first kappa shape index (κ1) is 35.5. The lowest BCUT2D eigenvalue weighted by Crippen LogP contribution is -2.56. The Bertz CT molecular complexity index is 1490. The molecule has 13 nitrogen and oxygen atoms in total. The number of rotatable bonds is 7. The molecule has 5 N–H and O–H groups in total. The van der Waals surface area contributed by atoms with Crippen LogP contribution in [0.15, 0.2) is 54.6 Å². The van der Waals surface area contributed by atoms with Gasteiger partial charge in [-0.3, -0.25) is 24.0 Å². The largest absolute Gasteiger partial charge is 0.480 e. The van der Waals surface area contributed by atoms with E-state index in [0.717, 1.165) is 16.7 Å². The molecular formula is C36H45N5O8. The minimum atomic E-state index is -1.35. The molecule has 2 aromatic rings. The molecule has 3 aliphatic heterocycles. The molecule has 3 fully saturated rings. The number of fused-ring (bicyclic) bond motifs is 1. The molecule has 0 radical (unpaired) electrons. The molecule has 0 aliphatic carbocycles. The second-order valence-electron chi connectivity index (χ2n) is 13.0. The molecule has 13 heteroatoms. The molecule has 5 amide bonds. The van der Waals surface area contributed by atoms with Crippen LogP contribution >= 0.6 is 0 Å². The lowest BCUT2D eigenvalue weighted by atomic mass is 9.98. The van der Waals surface area contributed by atoms with Gasteiger partial charge in [-0.05, 0) is 61.6 Å². The summed E-state index contributed by atoms with van der Waals surface area (Å²) in [4.78, 5) is 80.0. The third-order valence-corrected chi connectivity index (χ3v) is 9.40. The summed E-state index contributed by atoms with van der Waals surface area (Å²) >= 11 is 0. The summed E-state index contributed by atoms with van der Waals surface area (Å²) in [5, 5.41) is 20.9. The first-order valence-electron chi connectivity index (χ1n) is 17.1. The highest BCUT2D eigenvalue weighted by Crippen LogP contribution is 2.24. The third-order valence-electron chi connectivity index (χ3n) is 9.40. The standard InChI is InChI=1S/C36H45N5O8/c42-31-14-13-29(36(47)48)40-34(45)30-21-27(38-32(43)20-23-9-11-25(12-10-23)24-6-2-1-3-7-24)22-41(30)35(46)28(8-4-5-17-37-31)39-33(44)26-15-18-49-19-16-26/h1-3,6-7,9-12,26-30H,4-5,8,13-22H2,(H,37,42)(H,38,43)(H,39,44)(H,40,45)(H,47,48)/t27-,28+,29+,30+/m1/s1. The van der Waals surface area contributed by atoms with Crippen molar-refractivity contribution < 1.29 is 38.6 Å². The second-order valence-corrected chi connectivity index (χ2v) is 13.0. The van der Waals surface area contributed by atoms with Gasteiger partial charge in [0.2, 0.25) is 29.5 Å². The third kappa shape index (κ3) is 9.88. The van der Waals surface area contributed by atoms with Crippen LogP contribution in [0.1, 0.15) is 56.9 Å². The zero-order valence-corrected chi connectivity index (χ0v) is 27.5. The average molecular weight is 676 g/mol. The molecule has 0 bridgehead atoms. The van der Waals surface area contributed by atoms with Crippen LogP contribution in [-0.4, -0.2) is 96.0 Å². The van der Waals surface area contributed by atoms with Gasteiger partial charge in [0.15, 0.2) is 0 Å². The van der Waals surface area contributed by atoms with Crippen LogP contribution < -0.4 is 21.3 Å². The lowest BCUT2D eigenvalue weighted by molar-refractivity contribution is -0.145. The van der Waals surface area contributed by atoms with Crippen molar-refractivity contribution in [3.63, 3.8) is 0 Å². The fraction of sp³-hybridized carbons (Fsp3) is 0.500. The van der Waals surface area contributed by atoms with Crippen molar-refractivity contribution >= 4 is 35.5 Å². The molecule has 49 heavy (non-hydrogen) atoms. The summed E-state index contributed by atoms with van der Waals surface area (Å²) in [5.74, 6) is -3.66. The molecule has 3 heterocycles. The van der Waals surface area contributed by atoms with Crippen LogP contribution in [0.2, 0.25) is 0 Å². The van der Waals surface area contributed by atoms with Gasteiger partial charge in [-0.25, -0.2) is 4.79 Å². The molecule has 4 atom stereocenters. The molecule has 0 spiro atoms. The number of carboxylic acid groups (broad SMARTS) is 1. The molecule has 0 saturated carbocycles. The molecule has 3 saturated heterocycles. The Labute approximate surface area is 285 Å². The normalized spacial score (nSPS) is 24.4. The van der Waals surface area contributed by atoms with E-state index in [2.05, 4.69) is 21.3 Å². The Balaban J connectivity index is 1.32. The number of hydrogen-bond donors (Lipinski definition) is 5. The molecule has 0 aromatic heterocycles. The van der Waals surface area contributed by atoms with Gasteiger partial charge < -0.3 is 36.0 Å². The monoisotopic (exact) mass is 675 g/mol. The van der Waals surface area contributed by atoms with E-state index in [9.17, 15) is 33.9 Å². The fourth-order valence-corrected chi connectivity index (χ4v) is 6.64. The summed E-state index contributed by atoms with van der Waals surface area (Å²) in [7, 11) is 0. The highest BCUT2D eigenvalue weighted by molar-refractivity contribution is 5.94. The van der Waals surface area contributed by atoms with Gasteiger partial charge in [-0.2, -0.15) is 0 Å². The molecular weight excluding hydrogens is 630 g/mol. The first-order valence-corrected chi connectivity index (χ1v) is 17.1. The minimum Gasteiger partial charge on any atom is -0.480 e. The number of amides is 5. The number of ether oxygens (including phenoxy) is 1. The van der Waals surface area contributed by atoms with E-state index in [0.29, 0.717) is 45.4 Å². The van der Waals surface area contributed by atoms with Crippen molar-refractivity contribution in [3.05, 3.63) is 60.2 Å². The Kier molecular flexibility index (Phi) is 12.4. The smallest absolute Gasteiger partial charge is 0.326 e. The van der Waals surface area contributed by atoms with E-state index in [1.807, 2.05) is 54.6 Å². The van der Waals surface area contributed by atoms with E-state index in [4.69, 9.17) is 4.74 Å². The van der Waals surface area contributed by atoms with Gasteiger partial charge in [0.1, 0.15) is 18.1 Å². The maximum absolute atomic E-state index is 14.2. The summed E-state index contributed by atoms with van der Waals surface area (Å²) in [6, 6.07) is 13.6. The zero-order valence-electron chi connectivity index (χ0n) is 27.5. The number of hydrogen-bond acceptors (Lipinski definition) is 7. The second kappa shape index (κ2) is 17.0. The molecule has 2 aromatic carbocycles. The Morgan fingerprint density at radius 3 is 2.31 bits per heavy atom. The van der Waals surface area contributed by atoms with Crippen molar-refractivity contribution in [2.45, 2.75) is 82.0 Å². The van der Waals surface area contributed by atoms with Crippen molar-refractivity contribution in [2.75, 3.05) is 26.3 Å². The number of carbonyl (C=O) groups is 6. The van der Waals surface area contributed by atoms with E-state index < -0.39 is 42.0 Å². The summed E-state index contributed by atoms with van der Waals surface area (Å²) < 4.78 is 5.38. The van der Waals surface area contributed by atoms with Gasteiger partial charge in [0.25, 0.3) is 0 Å². The zero-order chi connectivity index (χ0) is 34.8. The van der Waals surface area contributed by atoms with E-state index >= 15 is 0 Å². The molecule has 262 valence electrons. The minimum absolute atomic E-state index is 0.0109. The van der Waals surface area contributed by atoms with Gasteiger partial charge in [0, 0.05) is 44.7 Å². The Morgan fingerprint density at radius 2 is 1.59 bits per heavy atom. The number of carboxylic acids is 1. The number of nitrogens with zero attached hydrogens (tertiary/aromatic N) is 1. The van der Waals surface area contributed by atoms with Gasteiger partial charge in [0.05, 0.1) is 6.42 Å². The van der Waals surface area contributed by atoms with E-state index in [-0.39, 0.29) is 62.3 Å². The Hall–Kier alpha value is -4.78. The van der Waals surface area contributed by atoms with Gasteiger partial charge in [-0.15, -0.1) is 0 Å². The molecule has 0 unspecified atom stereocenters. The highest BCUT2D eigenvalue weighted by atomic mass is 16.5. The van der Waals surface area contributed by atoms with Crippen LogP contribution in [0.25, 0.3) is 11.1 Å². The predicted octanol–water partition coefficient (Wildman–Crippen LogP) is 1.54. The van der Waals surface area contributed by atoms with Crippen molar-refractivity contribution in [1.29, 1.82) is 0 Å². The SMILES string of the molecule is O=C1CC[C@@H](C(=O)O)NC(=O)[C@@H]2C[C@@H](NC(=O)Cc3ccc(-c4ccccc4)cc3)CN2C(=O)[C@@H](NC(=O)C2CCOCC2)CCCCN1. The van der Waals surface area contributed by atoms with Crippen LogP contribution in [0, 0.1) is 5.92 Å². The number of aliphatic carboxylic acids is 1. The highest BCUT2D eigenvalue weighted by Gasteiger charge is 2.43. The van der Waals surface area contributed by atoms with Crippen molar-refractivity contribution in [1.82, 2.24) is 26.2 Å². The topological polar surface area (TPSA) is 183 Å². The first-order chi connectivity index (χ1) is 23.7. The predicted molar refractivity (Wildman–Crippen MR) is 179 cm³/mol. The summed E-state index contributed by atoms with van der Waals surface area (Å²) in [6.07, 6.45) is 2.32. The van der Waals surface area contributed by atoms with Crippen molar-refractivity contribution in [2.24, 2.45) is 5.92 Å². The van der Waals surface area contributed by atoms with Gasteiger partial charge >= 0.3 is 5.97 Å². The maximum atomic E-state index is 14.2. The maximum Gasteiger partial charge on any atom is 0.326 e. The fourth-order valence-electron chi connectivity index (χ4n) is 6.64. The van der Waals surface area contributed by atoms with Crippen LogP contribution in [-0.2, 0) is 39.9 Å². The molecule has 3 aliphatic rings. The van der Waals surface area contributed by atoms with Crippen LogP contribution in [0.5, 0.6) is 0 Å². The molecule has 5 rings (SSSR count). The van der Waals surface area contributed by atoms with E-state index in [1.54, 1.807) is 0 Å². The number of carbonyl (C=O) groups excluding carboxylic acids is 5. The summed E-state index contributed by atoms with van der Waals surface area (Å²) in [6.45, 7) is 1.24.